The molecule has 1 saturated heterocycles. The van der Waals surface area contributed by atoms with Crippen molar-refractivity contribution < 1.29 is 9.53 Å². The molecule has 1 aromatic carbocycles. The summed E-state index contributed by atoms with van der Waals surface area (Å²) in [5.41, 5.74) is 1.08. The van der Waals surface area contributed by atoms with E-state index in [-0.39, 0.29) is 17.4 Å². The van der Waals surface area contributed by atoms with Gasteiger partial charge < -0.3 is 15.4 Å². The highest BCUT2D eigenvalue weighted by Crippen LogP contribution is 2.29. The van der Waals surface area contributed by atoms with E-state index in [1.165, 1.54) is 0 Å². The zero-order valence-corrected chi connectivity index (χ0v) is 15.2. The fraction of sp³-hybridized carbons (Fsp3) is 0.632. The molecule has 1 aliphatic heterocycles. The fourth-order valence-electron chi connectivity index (χ4n) is 3.43. The van der Waals surface area contributed by atoms with Crippen LogP contribution in [-0.2, 0) is 9.53 Å². The highest BCUT2D eigenvalue weighted by molar-refractivity contribution is 5.83. The normalized spacial score (nSPS) is 18.3. The van der Waals surface area contributed by atoms with Crippen LogP contribution in [0.4, 0.5) is 0 Å². The lowest BCUT2D eigenvalue weighted by Gasteiger charge is -2.38. The average molecular weight is 333 g/mol. The van der Waals surface area contributed by atoms with Gasteiger partial charge in [0.15, 0.2) is 0 Å². The second-order valence-electron chi connectivity index (χ2n) is 6.79. The van der Waals surface area contributed by atoms with Crippen molar-refractivity contribution in [2.75, 3.05) is 46.9 Å². The van der Waals surface area contributed by atoms with Crippen molar-refractivity contribution in [3.63, 3.8) is 0 Å². The van der Waals surface area contributed by atoms with Crippen LogP contribution in [0, 0.1) is 5.41 Å². The van der Waals surface area contributed by atoms with E-state index in [1.54, 1.807) is 7.11 Å². The smallest absolute Gasteiger partial charge is 0.241 e. The molecule has 0 bridgehead atoms. The first kappa shape index (κ1) is 18.9. The Morgan fingerprint density at radius 2 is 2.00 bits per heavy atom. The number of methoxy groups -OCH3 is 1. The van der Waals surface area contributed by atoms with Gasteiger partial charge in [-0.3, -0.25) is 9.69 Å². The Morgan fingerprint density at radius 1 is 1.33 bits per heavy atom. The SMILES string of the molecule is CCN(C)C(C(=O)NCC1(COC)CCNCC1)c1ccccc1. The number of carbonyl (C=O) groups excluding carboxylic acids is 1. The maximum atomic E-state index is 12.9. The fourth-order valence-corrected chi connectivity index (χ4v) is 3.43. The van der Waals surface area contributed by atoms with Gasteiger partial charge in [0.05, 0.1) is 6.61 Å². The van der Waals surface area contributed by atoms with E-state index in [2.05, 4.69) is 22.5 Å². The van der Waals surface area contributed by atoms with Crippen LogP contribution in [0.15, 0.2) is 30.3 Å². The molecule has 0 aliphatic carbocycles. The predicted molar refractivity (Wildman–Crippen MR) is 96.9 cm³/mol. The number of likely N-dealkylation sites (N-methyl/N-ethyl adjacent to an activating group) is 1. The third-order valence-electron chi connectivity index (χ3n) is 5.06. The minimum absolute atomic E-state index is 0.0433. The summed E-state index contributed by atoms with van der Waals surface area (Å²) in [4.78, 5) is 15.0. The highest BCUT2D eigenvalue weighted by atomic mass is 16.5. The van der Waals surface area contributed by atoms with Gasteiger partial charge in [-0.1, -0.05) is 37.3 Å². The Kier molecular flexibility index (Phi) is 7.21. The third kappa shape index (κ3) is 4.79. The average Bonchev–Trinajstić information content (AvgIpc) is 2.62. The van der Waals surface area contributed by atoms with Crippen LogP contribution in [0.2, 0.25) is 0 Å². The van der Waals surface area contributed by atoms with Crippen molar-refractivity contribution >= 4 is 5.91 Å². The van der Waals surface area contributed by atoms with Crippen molar-refractivity contribution in [3.8, 4) is 0 Å². The Bertz CT molecular complexity index is 495. The second kappa shape index (κ2) is 9.16. The van der Waals surface area contributed by atoms with Gasteiger partial charge in [-0.25, -0.2) is 0 Å². The number of ether oxygens (including phenoxy) is 1. The molecule has 24 heavy (non-hydrogen) atoms. The van der Waals surface area contributed by atoms with E-state index in [0.717, 1.165) is 38.0 Å². The van der Waals surface area contributed by atoms with E-state index in [9.17, 15) is 4.79 Å². The zero-order chi connectivity index (χ0) is 17.4. The minimum Gasteiger partial charge on any atom is -0.384 e. The van der Waals surface area contributed by atoms with Crippen LogP contribution in [0.1, 0.15) is 31.4 Å². The van der Waals surface area contributed by atoms with Crippen LogP contribution < -0.4 is 10.6 Å². The molecule has 5 nitrogen and oxygen atoms in total. The number of hydrogen-bond donors (Lipinski definition) is 2. The number of carbonyl (C=O) groups is 1. The van der Waals surface area contributed by atoms with E-state index < -0.39 is 0 Å². The molecular formula is C19H31N3O2. The molecule has 1 aliphatic rings. The largest absolute Gasteiger partial charge is 0.384 e. The second-order valence-corrected chi connectivity index (χ2v) is 6.79. The molecule has 1 heterocycles. The summed E-state index contributed by atoms with van der Waals surface area (Å²) in [7, 11) is 3.73. The summed E-state index contributed by atoms with van der Waals surface area (Å²) in [5.74, 6) is 0.0690. The lowest BCUT2D eigenvalue weighted by molar-refractivity contribution is -0.127. The van der Waals surface area contributed by atoms with Crippen molar-refractivity contribution in [1.29, 1.82) is 0 Å². The summed E-state index contributed by atoms with van der Waals surface area (Å²) < 4.78 is 5.44. The van der Waals surface area contributed by atoms with Crippen molar-refractivity contribution in [1.82, 2.24) is 15.5 Å². The quantitative estimate of drug-likeness (QED) is 0.762. The van der Waals surface area contributed by atoms with Gasteiger partial charge in [0.25, 0.3) is 0 Å². The molecule has 0 aromatic heterocycles. The van der Waals surface area contributed by atoms with Crippen LogP contribution in [-0.4, -0.2) is 57.8 Å². The molecule has 0 spiro atoms. The highest BCUT2D eigenvalue weighted by Gasteiger charge is 2.34. The standard InChI is InChI=1S/C19H31N3O2/c1-4-22(2)17(16-8-6-5-7-9-16)18(23)21-14-19(15-24-3)10-12-20-13-11-19/h5-9,17,20H,4,10-15H2,1-3H3,(H,21,23). The molecule has 1 atom stereocenters. The number of amides is 1. The zero-order valence-electron chi connectivity index (χ0n) is 15.2. The Balaban J connectivity index is 2.07. The summed E-state index contributed by atoms with van der Waals surface area (Å²) in [5, 5.41) is 6.59. The van der Waals surface area contributed by atoms with E-state index in [0.29, 0.717) is 13.2 Å². The number of rotatable bonds is 8. The van der Waals surface area contributed by atoms with Crippen molar-refractivity contribution in [3.05, 3.63) is 35.9 Å². The van der Waals surface area contributed by atoms with Crippen molar-refractivity contribution in [2.45, 2.75) is 25.8 Å². The Morgan fingerprint density at radius 3 is 2.58 bits per heavy atom. The Labute approximate surface area is 145 Å². The molecule has 1 unspecified atom stereocenters. The summed E-state index contributed by atoms with van der Waals surface area (Å²) in [6.07, 6.45) is 2.06. The first-order chi connectivity index (χ1) is 11.6. The Hall–Kier alpha value is -1.43. The molecule has 2 N–H and O–H groups in total. The monoisotopic (exact) mass is 333 g/mol. The van der Waals surface area contributed by atoms with Crippen molar-refractivity contribution in [2.24, 2.45) is 5.41 Å². The molecule has 1 fully saturated rings. The van der Waals surface area contributed by atoms with Gasteiger partial charge in [-0.2, -0.15) is 0 Å². The van der Waals surface area contributed by atoms with Gasteiger partial charge in [0.1, 0.15) is 6.04 Å². The van der Waals surface area contributed by atoms with Gasteiger partial charge in [-0.15, -0.1) is 0 Å². The topological polar surface area (TPSA) is 53.6 Å². The predicted octanol–water partition coefficient (Wildman–Crippen LogP) is 1.81. The van der Waals surface area contributed by atoms with Gasteiger partial charge in [-0.05, 0) is 45.1 Å². The molecule has 2 rings (SSSR count). The third-order valence-corrected chi connectivity index (χ3v) is 5.06. The minimum atomic E-state index is -0.252. The molecule has 1 aromatic rings. The first-order valence-corrected chi connectivity index (χ1v) is 8.84. The van der Waals surface area contributed by atoms with E-state index in [4.69, 9.17) is 4.74 Å². The van der Waals surface area contributed by atoms with Crippen LogP contribution >= 0.6 is 0 Å². The molecule has 0 radical (unpaired) electrons. The molecule has 5 heteroatoms. The van der Waals surface area contributed by atoms with Gasteiger partial charge in [0, 0.05) is 19.1 Å². The van der Waals surface area contributed by atoms with Gasteiger partial charge in [0.2, 0.25) is 5.91 Å². The molecule has 1 amide bonds. The summed E-state index contributed by atoms with van der Waals surface area (Å²) in [6.45, 7) is 6.21. The summed E-state index contributed by atoms with van der Waals surface area (Å²) >= 11 is 0. The number of nitrogens with one attached hydrogen (secondary N) is 2. The van der Waals surface area contributed by atoms with Crippen LogP contribution in [0.25, 0.3) is 0 Å². The molecule has 134 valence electrons. The van der Waals surface area contributed by atoms with E-state index in [1.807, 2.05) is 37.4 Å². The number of hydrogen-bond acceptors (Lipinski definition) is 4. The first-order valence-electron chi connectivity index (χ1n) is 8.84. The summed E-state index contributed by atoms with van der Waals surface area (Å²) in [6, 6.07) is 9.74. The molecular weight excluding hydrogens is 302 g/mol. The van der Waals surface area contributed by atoms with Crippen LogP contribution in [0.5, 0.6) is 0 Å². The van der Waals surface area contributed by atoms with E-state index >= 15 is 0 Å². The number of nitrogens with zero attached hydrogens (tertiary/aromatic N) is 1. The maximum absolute atomic E-state index is 12.9. The number of piperidine rings is 1. The van der Waals surface area contributed by atoms with Gasteiger partial charge >= 0.3 is 0 Å². The van der Waals surface area contributed by atoms with Crippen LogP contribution in [0.3, 0.4) is 0 Å². The molecule has 0 saturated carbocycles. The lowest BCUT2D eigenvalue weighted by Crippen LogP contribution is -2.49. The lowest BCUT2D eigenvalue weighted by atomic mass is 9.79. The number of benzene rings is 1. The maximum Gasteiger partial charge on any atom is 0.241 e.